The van der Waals surface area contributed by atoms with Crippen molar-refractivity contribution < 1.29 is 26.1 Å². The van der Waals surface area contributed by atoms with Gasteiger partial charge in [-0.25, -0.2) is 16.8 Å². The second-order valence-corrected chi connectivity index (χ2v) is 8.70. The first-order valence-corrected chi connectivity index (χ1v) is 10.8. The topological polar surface area (TPSA) is 111 Å². The van der Waals surface area contributed by atoms with E-state index in [4.69, 9.17) is 9.31 Å². The van der Waals surface area contributed by atoms with E-state index in [1.54, 1.807) is 48.5 Å². The molecular weight excluding hydrogens is 367 g/mol. The highest BCUT2D eigenvalue weighted by Gasteiger charge is 2.05. The molecule has 0 aliphatic carbocycles. The van der Waals surface area contributed by atoms with E-state index in [0.717, 1.165) is 12.5 Å². The van der Waals surface area contributed by atoms with E-state index in [1.807, 2.05) is 0 Å². The van der Waals surface area contributed by atoms with Crippen LogP contribution in [0.25, 0.3) is 0 Å². The minimum absolute atomic E-state index is 0.0578. The lowest BCUT2D eigenvalue weighted by molar-refractivity contribution is 0.459. The molecule has 0 unspecified atom stereocenters. The van der Waals surface area contributed by atoms with Crippen LogP contribution in [0.15, 0.2) is 48.5 Å². The third-order valence-electron chi connectivity index (χ3n) is 2.77. The number of benzene rings is 2. The van der Waals surface area contributed by atoms with Crippen LogP contribution in [0.5, 0.6) is 11.5 Å². The minimum Gasteiger partial charge on any atom is -0.529 e. The van der Waals surface area contributed by atoms with E-state index in [9.17, 15) is 16.8 Å². The zero-order valence-corrected chi connectivity index (χ0v) is 15.2. The summed E-state index contributed by atoms with van der Waals surface area (Å²) in [6, 6.07) is 12.7. The molecule has 0 saturated heterocycles. The SMILES string of the molecule is CS(=O)(=O)Nc1ccc(OBOc2ccc(NS(C)(=O)=O)cc2)cc1. The van der Waals surface area contributed by atoms with E-state index in [0.29, 0.717) is 22.9 Å². The van der Waals surface area contributed by atoms with Gasteiger partial charge in [0.1, 0.15) is 11.5 Å². The number of nitrogens with one attached hydrogen (secondary N) is 2. The normalized spacial score (nSPS) is 11.4. The number of hydrogen-bond donors (Lipinski definition) is 2. The van der Waals surface area contributed by atoms with Gasteiger partial charge in [0.05, 0.1) is 12.5 Å². The van der Waals surface area contributed by atoms with E-state index >= 15 is 0 Å². The van der Waals surface area contributed by atoms with Gasteiger partial charge in [0.2, 0.25) is 20.0 Å². The monoisotopic (exact) mass is 384 g/mol. The summed E-state index contributed by atoms with van der Waals surface area (Å²) < 4.78 is 59.9. The summed E-state index contributed by atoms with van der Waals surface area (Å²) in [6.45, 7) is 0. The van der Waals surface area contributed by atoms with Gasteiger partial charge in [-0.15, -0.1) is 0 Å². The van der Waals surface area contributed by atoms with Crippen LogP contribution >= 0.6 is 0 Å². The number of anilines is 2. The number of hydrogen-bond acceptors (Lipinski definition) is 6. The van der Waals surface area contributed by atoms with E-state index in [1.165, 1.54) is 0 Å². The maximum absolute atomic E-state index is 11.1. The summed E-state index contributed by atoms with van der Waals surface area (Å²) in [6.07, 6.45) is 2.14. The molecule has 11 heteroatoms. The largest absolute Gasteiger partial charge is 0.576 e. The summed E-state index contributed by atoms with van der Waals surface area (Å²) in [5, 5.41) is 0. The van der Waals surface area contributed by atoms with E-state index in [-0.39, 0.29) is 7.69 Å². The molecule has 0 fully saturated rings. The van der Waals surface area contributed by atoms with Crippen molar-refractivity contribution in [2.24, 2.45) is 0 Å². The Morgan fingerprint density at radius 1 is 0.680 bits per heavy atom. The molecule has 0 heterocycles. The summed E-state index contributed by atoms with van der Waals surface area (Å²) in [7, 11) is -6.69. The number of rotatable bonds is 8. The molecule has 0 spiro atoms. The van der Waals surface area contributed by atoms with Gasteiger partial charge in [0.15, 0.2) is 0 Å². The van der Waals surface area contributed by atoms with Gasteiger partial charge in [-0.1, -0.05) is 0 Å². The molecule has 0 aliphatic rings. The first-order chi connectivity index (χ1) is 11.6. The summed E-state index contributed by atoms with van der Waals surface area (Å²) in [4.78, 5) is 0. The molecule has 0 saturated carbocycles. The Hall–Kier alpha value is -2.40. The molecule has 0 radical (unpaired) electrons. The van der Waals surface area contributed by atoms with E-state index < -0.39 is 20.0 Å². The van der Waals surface area contributed by atoms with Gasteiger partial charge in [-0.05, 0) is 48.5 Å². The molecule has 0 amide bonds. The Kier molecular flexibility index (Phi) is 5.80. The van der Waals surface area contributed by atoms with Crippen molar-refractivity contribution in [3.8, 4) is 11.5 Å². The van der Waals surface area contributed by atoms with Crippen LogP contribution in [0.4, 0.5) is 11.4 Å². The third kappa shape index (κ3) is 7.35. The van der Waals surface area contributed by atoms with Gasteiger partial charge in [-0.2, -0.15) is 0 Å². The molecule has 2 N–H and O–H groups in total. The second-order valence-electron chi connectivity index (χ2n) is 5.20. The third-order valence-corrected chi connectivity index (χ3v) is 3.98. The van der Waals surface area contributed by atoms with Crippen molar-refractivity contribution in [2.45, 2.75) is 0 Å². The van der Waals surface area contributed by atoms with Crippen LogP contribution in [-0.2, 0) is 20.0 Å². The van der Waals surface area contributed by atoms with Gasteiger partial charge in [0, 0.05) is 11.4 Å². The van der Waals surface area contributed by atoms with Gasteiger partial charge >= 0.3 is 7.69 Å². The maximum atomic E-state index is 11.1. The van der Waals surface area contributed by atoms with Crippen LogP contribution < -0.4 is 18.8 Å². The fourth-order valence-corrected chi connectivity index (χ4v) is 2.96. The lowest BCUT2D eigenvalue weighted by Gasteiger charge is -2.09. The molecule has 0 aromatic heterocycles. The van der Waals surface area contributed by atoms with Crippen molar-refractivity contribution in [3.63, 3.8) is 0 Å². The van der Waals surface area contributed by atoms with Gasteiger partial charge < -0.3 is 9.31 Å². The van der Waals surface area contributed by atoms with Crippen LogP contribution in [0.3, 0.4) is 0 Å². The molecule has 2 aromatic rings. The highest BCUT2D eigenvalue weighted by Crippen LogP contribution is 2.18. The predicted molar refractivity (Wildman–Crippen MR) is 98.2 cm³/mol. The Morgan fingerprint density at radius 2 is 1.00 bits per heavy atom. The quantitative estimate of drug-likeness (QED) is 0.661. The molecule has 0 atom stereocenters. The molecule has 2 aromatic carbocycles. The average molecular weight is 384 g/mol. The highest BCUT2D eigenvalue weighted by atomic mass is 32.2. The van der Waals surface area contributed by atoms with Crippen molar-refractivity contribution in [2.75, 3.05) is 22.0 Å². The Labute approximate surface area is 147 Å². The molecule has 0 aliphatic heterocycles. The minimum atomic E-state index is -3.32. The van der Waals surface area contributed by atoms with Gasteiger partial charge in [-0.3, -0.25) is 9.44 Å². The first-order valence-electron chi connectivity index (χ1n) is 7.02. The van der Waals surface area contributed by atoms with Crippen molar-refractivity contribution in [1.82, 2.24) is 0 Å². The Balaban J connectivity index is 1.84. The van der Waals surface area contributed by atoms with Crippen LogP contribution in [0.1, 0.15) is 0 Å². The fraction of sp³-hybridized carbons (Fsp3) is 0.143. The predicted octanol–water partition coefficient (Wildman–Crippen LogP) is 1.15. The molecule has 2 rings (SSSR count). The van der Waals surface area contributed by atoms with Crippen LogP contribution in [0.2, 0.25) is 0 Å². The van der Waals surface area contributed by atoms with Crippen molar-refractivity contribution in [3.05, 3.63) is 48.5 Å². The number of sulfonamides is 2. The molecule has 25 heavy (non-hydrogen) atoms. The second kappa shape index (κ2) is 7.66. The van der Waals surface area contributed by atoms with Crippen LogP contribution in [0, 0.1) is 0 Å². The lowest BCUT2D eigenvalue weighted by atomic mass is 10.2. The Bertz CT molecular complexity index is 835. The summed E-state index contributed by atoms with van der Waals surface area (Å²) in [5.41, 5.74) is 0.870. The zero-order valence-electron chi connectivity index (χ0n) is 13.6. The maximum Gasteiger partial charge on any atom is 0.576 e. The van der Waals surface area contributed by atoms with Crippen molar-refractivity contribution >= 4 is 39.1 Å². The van der Waals surface area contributed by atoms with Crippen molar-refractivity contribution in [1.29, 1.82) is 0 Å². The van der Waals surface area contributed by atoms with E-state index in [2.05, 4.69) is 9.44 Å². The van der Waals surface area contributed by atoms with Gasteiger partial charge in [0.25, 0.3) is 0 Å². The zero-order chi connectivity index (χ0) is 18.5. The summed E-state index contributed by atoms with van der Waals surface area (Å²) >= 11 is 0. The molecule has 134 valence electrons. The smallest absolute Gasteiger partial charge is 0.529 e. The Morgan fingerprint density at radius 3 is 1.28 bits per heavy atom. The lowest BCUT2D eigenvalue weighted by Crippen LogP contribution is -2.12. The fourth-order valence-electron chi connectivity index (χ4n) is 1.83. The molecule has 8 nitrogen and oxygen atoms in total. The average Bonchev–Trinajstić information content (AvgIpc) is 2.48. The summed E-state index contributed by atoms with van der Waals surface area (Å²) in [5.74, 6) is 1.02. The van der Waals surface area contributed by atoms with Crippen LogP contribution in [-0.4, -0.2) is 37.0 Å². The highest BCUT2D eigenvalue weighted by molar-refractivity contribution is 7.92. The molecule has 0 bridgehead atoms. The molecular formula is C14H17BN2O6S2. The standard InChI is InChI=1S/C14H17BN2O6S2/c1-24(18,19)16-11-3-7-13(8-4-11)22-15-23-14-9-5-12(6-10-14)17-25(2,20)21/h3-10,15-17H,1-2H3. The first kappa shape index (κ1) is 18.9.